The number of rotatable bonds is 4. The van der Waals surface area contributed by atoms with E-state index in [-0.39, 0.29) is 18.4 Å². The Morgan fingerprint density at radius 2 is 1.64 bits per heavy atom. The molecule has 7 nitrogen and oxygen atoms in total. The zero-order valence-electron chi connectivity index (χ0n) is 20.7. The van der Waals surface area contributed by atoms with Gasteiger partial charge in [-0.15, -0.1) is 5.06 Å². The van der Waals surface area contributed by atoms with E-state index in [1.165, 1.54) is 0 Å². The highest BCUT2D eigenvalue weighted by atomic mass is 16.7. The minimum Gasteiger partial charge on any atom is -0.456 e. The van der Waals surface area contributed by atoms with E-state index in [1.54, 1.807) is 12.1 Å². The van der Waals surface area contributed by atoms with Crippen LogP contribution in [0.15, 0.2) is 57.9 Å². The van der Waals surface area contributed by atoms with Crippen molar-refractivity contribution in [3.05, 3.63) is 76.1 Å². The fourth-order valence-electron chi connectivity index (χ4n) is 4.59. The Hall–Kier alpha value is -4.26. The van der Waals surface area contributed by atoms with Gasteiger partial charge in [-0.3, -0.25) is 14.6 Å². The molecule has 2 aromatic rings. The van der Waals surface area contributed by atoms with E-state index < -0.39 is 17.8 Å². The number of hydrogen-bond donors (Lipinski definition) is 0. The number of imide groups is 1. The second-order valence-corrected chi connectivity index (χ2v) is 9.03. The maximum Gasteiger partial charge on any atom is 0.364 e. The average molecular weight is 483 g/mol. The number of amides is 2. The molecule has 0 atom stereocenters. The van der Waals surface area contributed by atoms with Crippen molar-refractivity contribution in [2.75, 3.05) is 6.54 Å². The van der Waals surface area contributed by atoms with Gasteiger partial charge in [0.05, 0.1) is 10.9 Å². The van der Waals surface area contributed by atoms with Crippen molar-refractivity contribution in [2.45, 2.75) is 40.5 Å². The van der Waals surface area contributed by atoms with Crippen LogP contribution in [0.2, 0.25) is 0 Å². The van der Waals surface area contributed by atoms with Crippen molar-refractivity contribution >= 4 is 28.8 Å². The van der Waals surface area contributed by atoms with Gasteiger partial charge in [0.15, 0.2) is 0 Å². The van der Waals surface area contributed by atoms with Gasteiger partial charge in [0.25, 0.3) is 11.8 Å². The predicted octanol–water partition coefficient (Wildman–Crippen LogP) is 5.27. The van der Waals surface area contributed by atoms with Gasteiger partial charge in [-0.2, -0.15) is 0 Å². The lowest BCUT2D eigenvalue weighted by molar-refractivity contribution is -0.172. The normalized spacial score (nSPS) is 14.3. The Labute approximate surface area is 208 Å². The first-order chi connectivity index (χ1) is 17.3. The van der Waals surface area contributed by atoms with Gasteiger partial charge in [0.1, 0.15) is 11.3 Å². The molecule has 3 aliphatic rings. The van der Waals surface area contributed by atoms with Crippen molar-refractivity contribution in [3.63, 3.8) is 0 Å². The van der Waals surface area contributed by atoms with Crippen LogP contribution in [0.4, 0.5) is 0 Å². The maximum atomic E-state index is 13.3. The Morgan fingerprint density at radius 3 is 2.36 bits per heavy atom. The molecule has 1 fully saturated rings. The summed E-state index contributed by atoms with van der Waals surface area (Å²) < 4.78 is 6.35. The zero-order valence-corrected chi connectivity index (χ0v) is 20.7. The monoisotopic (exact) mass is 482 g/mol. The van der Waals surface area contributed by atoms with Gasteiger partial charge < -0.3 is 9.25 Å². The number of carbonyl (C=O) groups excluding carboxylic acids is 3. The van der Waals surface area contributed by atoms with E-state index in [0.717, 1.165) is 38.6 Å². The minimum absolute atomic E-state index is 0.0340. The number of benzene rings is 3. The van der Waals surface area contributed by atoms with Crippen molar-refractivity contribution < 1.29 is 23.6 Å². The van der Waals surface area contributed by atoms with Crippen molar-refractivity contribution in [1.82, 2.24) is 5.06 Å². The summed E-state index contributed by atoms with van der Waals surface area (Å²) in [7, 11) is 0. The number of hydrogen-bond acceptors (Lipinski definition) is 6. The van der Waals surface area contributed by atoms with Crippen LogP contribution in [-0.2, 0) is 14.4 Å². The minimum atomic E-state index is -0.769. The van der Waals surface area contributed by atoms with Crippen molar-refractivity contribution in [2.24, 2.45) is 4.99 Å². The third-order valence-electron chi connectivity index (χ3n) is 6.58. The largest absolute Gasteiger partial charge is 0.456 e. The average Bonchev–Trinajstić information content (AvgIpc) is 3.17. The Kier molecular flexibility index (Phi) is 5.92. The molecular weight excluding hydrogens is 456 g/mol. The molecule has 0 bridgehead atoms. The van der Waals surface area contributed by atoms with Gasteiger partial charge >= 0.3 is 5.97 Å². The van der Waals surface area contributed by atoms with Crippen LogP contribution in [0, 0.1) is 20.8 Å². The zero-order chi connectivity index (χ0) is 25.6. The van der Waals surface area contributed by atoms with E-state index in [0.29, 0.717) is 28.5 Å². The second-order valence-electron chi connectivity index (χ2n) is 9.03. The van der Waals surface area contributed by atoms with Crippen LogP contribution >= 0.6 is 0 Å². The van der Waals surface area contributed by atoms with E-state index in [9.17, 15) is 14.4 Å². The molecular formula is C29H26N2O5. The topological polar surface area (TPSA) is 89.2 Å². The molecule has 1 saturated heterocycles. The molecule has 0 N–H and O–H groups in total. The predicted molar refractivity (Wildman–Crippen MR) is 135 cm³/mol. The van der Waals surface area contributed by atoms with Crippen LogP contribution in [0.25, 0.3) is 33.4 Å². The smallest absolute Gasteiger partial charge is 0.364 e. The first-order valence-corrected chi connectivity index (χ1v) is 11.9. The van der Waals surface area contributed by atoms with Crippen LogP contribution in [0.1, 0.15) is 46.8 Å². The molecule has 0 unspecified atom stereocenters. The van der Waals surface area contributed by atoms with Crippen molar-refractivity contribution in [1.29, 1.82) is 0 Å². The molecule has 2 aliphatic heterocycles. The van der Waals surface area contributed by atoms with E-state index in [4.69, 9.17) is 9.25 Å². The quantitative estimate of drug-likeness (QED) is 0.292. The lowest BCUT2D eigenvalue weighted by Gasteiger charge is -2.20. The van der Waals surface area contributed by atoms with E-state index in [2.05, 4.69) is 11.1 Å². The maximum absolute atomic E-state index is 13.3. The van der Waals surface area contributed by atoms with Gasteiger partial charge in [0.2, 0.25) is 0 Å². The standard InChI is InChI=1S/C29H26N2O5/c1-5-30-23-15-25-22(13-18(23)4)28(21-12-16(2)17(3)14-24(21)35-25)19-8-6-7-9-20(19)29(34)36-31-26(32)10-11-27(31)33/h6-9,12-15H,5,10-11H2,1-4H3/b30-23+. The van der Waals surface area contributed by atoms with Gasteiger partial charge in [-0.1, -0.05) is 18.2 Å². The molecule has 0 saturated carbocycles. The third-order valence-corrected chi connectivity index (χ3v) is 6.58. The van der Waals surface area contributed by atoms with E-state index >= 15 is 0 Å². The highest BCUT2D eigenvalue weighted by Crippen LogP contribution is 2.42. The molecule has 7 heteroatoms. The summed E-state index contributed by atoms with van der Waals surface area (Å²) in [6.07, 6.45) is 0.0680. The second kappa shape index (κ2) is 9.07. The summed E-state index contributed by atoms with van der Waals surface area (Å²) in [6.45, 7) is 8.68. The highest BCUT2D eigenvalue weighted by molar-refractivity contribution is 6.09. The molecule has 36 heavy (non-hydrogen) atoms. The van der Waals surface area contributed by atoms with Gasteiger partial charge in [-0.05, 0) is 74.2 Å². The Morgan fingerprint density at radius 1 is 0.944 bits per heavy atom. The summed E-state index contributed by atoms with van der Waals surface area (Å²) in [6, 6.07) is 15.0. The molecule has 1 aliphatic carbocycles. The fourth-order valence-corrected chi connectivity index (χ4v) is 4.59. The number of aryl methyl sites for hydroxylation is 3. The lowest BCUT2D eigenvalue weighted by Crippen LogP contribution is -2.32. The van der Waals surface area contributed by atoms with Crippen molar-refractivity contribution in [3.8, 4) is 22.5 Å². The van der Waals surface area contributed by atoms with Crippen LogP contribution in [0.3, 0.4) is 0 Å². The molecule has 0 spiro atoms. The molecule has 2 aromatic carbocycles. The van der Waals surface area contributed by atoms with Crippen LogP contribution in [-0.4, -0.2) is 29.4 Å². The highest BCUT2D eigenvalue weighted by Gasteiger charge is 2.34. The Balaban J connectivity index is 1.79. The molecule has 2 heterocycles. The third kappa shape index (κ3) is 3.96. The summed E-state index contributed by atoms with van der Waals surface area (Å²) >= 11 is 0. The molecule has 2 amide bonds. The summed E-state index contributed by atoms with van der Waals surface area (Å²) in [5, 5.41) is 2.27. The SMILES string of the molecule is CC/N=c1\cc2oc3cc(C)c(C)cc3c(-c3ccccc3C(=O)ON3C(=O)CCC3=O)c-2cc1C. The molecule has 5 rings (SSSR count). The fraction of sp³-hybridized carbons (Fsp3) is 0.241. The lowest BCUT2D eigenvalue weighted by atomic mass is 9.89. The number of hydroxylamine groups is 2. The number of fused-ring (bicyclic) bond motifs is 2. The Bertz CT molecular complexity index is 1580. The molecule has 0 aromatic heterocycles. The van der Waals surface area contributed by atoms with E-state index in [1.807, 2.05) is 58.0 Å². The summed E-state index contributed by atoms with van der Waals surface area (Å²) in [5.74, 6) is -1.16. The summed E-state index contributed by atoms with van der Waals surface area (Å²) in [5.41, 5.74) is 6.34. The first-order valence-electron chi connectivity index (χ1n) is 11.9. The molecule has 182 valence electrons. The first kappa shape index (κ1) is 23.5. The van der Waals surface area contributed by atoms with Gasteiger partial charge in [0, 0.05) is 42.0 Å². The summed E-state index contributed by atoms with van der Waals surface area (Å²) in [4.78, 5) is 47.3. The van der Waals surface area contributed by atoms with Crippen LogP contribution in [0.5, 0.6) is 0 Å². The van der Waals surface area contributed by atoms with Gasteiger partial charge in [-0.25, -0.2) is 4.79 Å². The van der Waals surface area contributed by atoms with Crippen LogP contribution < -0.4 is 5.36 Å². The number of carbonyl (C=O) groups is 3. The number of nitrogens with zero attached hydrogens (tertiary/aromatic N) is 2. The molecule has 0 radical (unpaired) electrons.